The zero-order chi connectivity index (χ0) is 21.7. The first-order valence-electron chi connectivity index (χ1n) is 9.82. The number of nitrogens with one attached hydrogen (secondary N) is 1. The van der Waals surface area contributed by atoms with E-state index in [0.29, 0.717) is 6.07 Å². The van der Waals surface area contributed by atoms with Crippen molar-refractivity contribution in [1.29, 1.82) is 0 Å². The van der Waals surface area contributed by atoms with Crippen LogP contribution in [0.15, 0.2) is 53.4 Å². The largest absolute Gasteiger partial charge is 0.336 e. The molecule has 0 radical (unpaired) electrons. The van der Waals surface area contributed by atoms with Gasteiger partial charge in [-0.25, -0.2) is 22.0 Å². The number of hydrogen-bond acceptors (Lipinski definition) is 3. The number of carbonyl (C=O) groups excluding carboxylic acids is 1. The van der Waals surface area contributed by atoms with Crippen molar-refractivity contribution in [2.24, 2.45) is 0 Å². The zero-order valence-electron chi connectivity index (χ0n) is 16.7. The normalized spacial score (nSPS) is 16.3. The molecule has 2 aromatic rings. The van der Waals surface area contributed by atoms with E-state index in [-0.39, 0.29) is 38.3 Å². The second-order valence-electron chi connectivity index (χ2n) is 7.34. The van der Waals surface area contributed by atoms with Crippen molar-refractivity contribution in [1.82, 2.24) is 14.5 Å². The maximum atomic E-state index is 13.9. The molecule has 0 aliphatic carbocycles. The summed E-state index contributed by atoms with van der Waals surface area (Å²) in [7, 11) is -4.17. The Labute approximate surface area is 175 Å². The van der Waals surface area contributed by atoms with Gasteiger partial charge < -0.3 is 10.2 Å². The van der Waals surface area contributed by atoms with Crippen LogP contribution >= 0.6 is 0 Å². The van der Waals surface area contributed by atoms with Gasteiger partial charge in [0.05, 0.1) is 0 Å². The molecule has 162 valence electrons. The molecule has 3 rings (SSSR count). The summed E-state index contributed by atoms with van der Waals surface area (Å²) in [6.45, 7) is 2.31. The van der Waals surface area contributed by atoms with Crippen LogP contribution in [0.2, 0.25) is 0 Å². The number of amides is 2. The van der Waals surface area contributed by atoms with Crippen molar-refractivity contribution in [3.05, 3.63) is 65.7 Å². The molecule has 2 amide bonds. The van der Waals surface area contributed by atoms with Gasteiger partial charge in [-0.1, -0.05) is 30.3 Å². The lowest BCUT2D eigenvalue weighted by Gasteiger charge is -2.34. The monoisotopic (exact) mass is 437 g/mol. The number of carbonyl (C=O) groups is 1. The number of halogens is 2. The molecule has 0 spiro atoms. The first kappa shape index (κ1) is 22.2. The third-order valence-corrected chi connectivity index (χ3v) is 7.03. The second-order valence-corrected chi connectivity index (χ2v) is 9.25. The van der Waals surface area contributed by atoms with E-state index in [2.05, 4.69) is 5.32 Å². The van der Waals surface area contributed by atoms with Crippen LogP contribution in [-0.4, -0.2) is 55.9 Å². The molecule has 1 fully saturated rings. The number of hydrogen-bond donors (Lipinski definition) is 1. The summed E-state index contributed by atoms with van der Waals surface area (Å²) in [5, 5.41) is 2.93. The highest BCUT2D eigenvalue weighted by Crippen LogP contribution is 2.21. The molecule has 1 aliphatic rings. The highest BCUT2D eigenvalue weighted by atomic mass is 32.2. The Balaban J connectivity index is 1.52. The van der Waals surface area contributed by atoms with Crippen molar-refractivity contribution in [3.63, 3.8) is 0 Å². The Morgan fingerprint density at radius 2 is 1.73 bits per heavy atom. The molecule has 1 heterocycles. The van der Waals surface area contributed by atoms with Crippen molar-refractivity contribution in [3.8, 4) is 0 Å². The predicted molar refractivity (Wildman–Crippen MR) is 109 cm³/mol. The molecule has 30 heavy (non-hydrogen) atoms. The molecule has 1 saturated heterocycles. The van der Waals surface area contributed by atoms with Crippen LogP contribution in [0, 0.1) is 11.6 Å². The van der Waals surface area contributed by atoms with Crippen molar-refractivity contribution < 1.29 is 22.0 Å². The lowest BCUT2D eigenvalue weighted by Crippen LogP contribution is -2.54. The molecule has 0 aromatic heterocycles. The van der Waals surface area contributed by atoms with Crippen molar-refractivity contribution in [2.75, 3.05) is 26.2 Å². The van der Waals surface area contributed by atoms with Crippen LogP contribution in [0.5, 0.6) is 0 Å². The van der Waals surface area contributed by atoms with Crippen LogP contribution < -0.4 is 5.32 Å². The summed E-state index contributed by atoms with van der Waals surface area (Å²) in [6.07, 6.45) is 1.62. The highest BCUT2D eigenvalue weighted by Gasteiger charge is 2.32. The fraction of sp³-hybridized carbons (Fsp3) is 0.381. The average molecular weight is 438 g/mol. The maximum absolute atomic E-state index is 13.9. The standard InChI is InChI=1S/C21H25F2N3O3S/c1-16(7-8-17-5-3-2-4-6-17)24-21(27)25-11-13-26(14-12-25)30(28,29)20-15-18(22)9-10-19(20)23/h2-6,9-10,15-16H,7-8,11-14H2,1H3,(H,24,27)/t16-/m1/s1. The lowest BCUT2D eigenvalue weighted by atomic mass is 10.1. The van der Waals surface area contributed by atoms with E-state index in [1.165, 1.54) is 10.5 Å². The average Bonchev–Trinajstić information content (AvgIpc) is 2.74. The molecule has 9 heteroatoms. The van der Waals surface area contributed by atoms with E-state index in [1.54, 1.807) is 0 Å². The van der Waals surface area contributed by atoms with Gasteiger partial charge in [-0.2, -0.15) is 4.31 Å². The van der Waals surface area contributed by atoms with Gasteiger partial charge in [0.25, 0.3) is 0 Å². The Hall–Kier alpha value is -2.52. The quantitative estimate of drug-likeness (QED) is 0.755. The number of nitrogens with zero attached hydrogens (tertiary/aromatic N) is 2. The van der Waals surface area contributed by atoms with Gasteiger partial charge in [-0.05, 0) is 43.5 Å². The van der Waals surface area contributed by atoms with E-state index >= 15 is 0 Å². The van der Waals surface area contributed by atoms with E-state index < -0.39 is 26.6 Å². The number of sulfonamides is 1. The predicted octanol–water partition coefficient (Wildman–Crippen LogP) is 3.00. The van der Waals surface area contributed by atoms with Gasteiger partial charge in [-0.3, -0.25) is 0 Å². The highest BCUT2D eigenvalue weighted by molar-refractivity contribution is 7.89. The van der Waals surface area contributed by atoms with Gasteiger partial charge in [0.15, 0.2) is 0 Å². The van der Waals surface area contributed by atoms with Crippen LogP contribution in [0.25, 0.3) is 0 Å². The van der Waals surface area contributed by atoms with Gasteiger partial charge in [0.2, 0.25) is 10.0 Å². The minimum absolute atomic E-state index is 0.0180. The molecule has 6 nitrogen and oxygen atoms in total. The number of benzene rings is 2. The first-order valence-corrected chi connectivity index (χ1v) is 11.3. The van der Waals surface area contributed by atoms with E-state index in [4.69, 9.17) is 0 Å². The van der Waals surface area contributed by atoms with Gasteiger partial charge in [-0.15, -0.1) is 0 Å². The van der Waals surface area contributed by atoms with Gasteiger partial charge in [0.1, 0.15) is 16.5 Å². The van der Waals surface area contributed by atoms with Crippen LogP contribution in [-0.2, 0) is 16.4 Å². The van der Waals surface area contributed by atoms with E-state index in [9.17, 15) is 22.0 Å². The molecule has 0 saturated carbocycles. The minimum atomic E-state index is -4.17. The van der Waals surface area contributed by atoms with E-state index in [0.717, 1.165) is 29.3 Å². The topological polar surface area (TPSA) is 69.7 Å². The number of rotatable bonds is 6. The Morgan fingerprint density at radius 3 is 2.40 bits per heavy atom. The molecule has 2 aromatic carbocycles. The first-order chi connectivity index (χ1) is 14.3. The van der Waals surface area contributed by atoms with Crippen molar-refractivity contribution >= 4 is 16.1 Å². The third kappa shape index (κ3) is 5.34. The Bertz CT molecular complexity index is 978. The van der Waals surface area contributed by atoms with E-state index in [1.807, 2.05) is 37.3 Å². The van der Waals surface area contributed by atoms with Crippen molar-refractivity contribution in [2.45, 2.75) is 30.7 Å². The van der Waals surface area contributed by atoms with Crippen LogP contribution in [0.3, 0.4) is 0 Å². The van der Waals surface area contributed by atoms with Gasteiger partial charge >= 0.3 is 6.03 Å². The lowest BCUT2D eigenvalue weighted by molar-refractivity contribution is 0.169. The molecule has 1 aliphatic heterocycles. The zero-order valence-corrected chi connectivity index (χ0v) is 17.5. The molecular weight excluding hydrogens is 412 g/mol. The number of piperazine rings is 1. The number of aryl methyl sites for hydroxylation is 1. The summed E-state index contributed by atoms with van der Waals surface area (Å²) >= 11 is 0. The third-order valence-electron chi connectivity index (χ3n) is 5.12. The summed E-state index contributed by atoms with van der Waals surface area (Å²) in [6, 6.07) is 12.0. The summed E-state index contributed by atoms with van der Waals surface area (Å²) in [5.41, 5.74) is 1.20. The van der Waals surface area contributed by atoms with Gasteiger partial charge in [0, 0.05) is 32.2 Å². The maximum Gasteiger partial charge on any atom is 0.317 e. The second kappa shape index (κ2) is 9.53. The summed E-state index contributed by atoms with van der Waals surface area (Å²) in [5.74, 6) is -1.82. The Morgan fingerprint density at radius 1 is 1.07 bits per heavy atom. The number of urea groups is 1. The fourth-order valence-corrected chi connectivity index (χ4v) is 4.85. The molecule has 0 unspecified atom stereocenters. The Kier molecular flexibility index (Phi) is 7.04. The molecule has 0 bridgehead atoms. The molecule has 1 N–H and O–H groups in total. The molecular formula is C21H25F2N3O3S. The van der Waals surface area contributed by atoms with Crippen LogP contribution in [0.4, 0.5) is 13.6 Å². The fourth-order valence-electron chi connectivity index (χ4n) is 3.35. The van der Waals surface area contributed by atoms with Crippen LogP contribution in [0.1, 0.15) is 18.9 Å². The smallest absolute Gasteiger partial charge is 0.317 e. The SMILES string of the molecule is C[C@H](CCc1ccccc1)NC(=O)N1CCN(S(=O)(=O)c2cc(F)ccc2F)CC1. The summed E-state index contributed by atoms with van der Waals surface area (Å²) in [4.78, 5) is 13.3. The molecule has 1 atom stereocenters. The summed E-state index contributed by atoms with van der Waals surface area (Å²) < 4.78 is 53.7. The minimum Gasteiger partial charge on any atom is -0.336 e.